The Morgan fingerprint density at radius 1 is 0.840 bits per heavy atom. The molecule has 0 radical (unpaired) electrons. The first-order valence-electron chi connectivity index (χ1n) is 17.4. The van der Waals surface area contributed by atoms with Crippen molar-refractivity contribution in [2.45, 2.75) is 113 Å². The van der Waals surface area contributed by atoms with Crippen molar-refractivity contribution >= 4 is 42.1 Å². The molecule has 0 unspecified atom stereocenters. The second kappa shape index (κ2) is 47.2. The molecule has 292 valence electrons. The van der Waals surface area contributed by atoms with Crippen molar-refractivity contribution < 1.29 is 38.6 Å². The number of benzene rings is 1. The van der Waals surface area contributed by atoms with Gasteiger partial charge in [-0.2, -0.15) is 0 Å². The van der Waals surface area contributed by atoms with Gasteiger partial charge in [-0.1, -0.05) is 67.0 Å². The lowest BCUT2D eigenvalue weighted by atomic mass is 10.0. The number of amides is 4. The van der Waals surface area contributed by atoms with Crippen LogP contribution in [0.25, 0.3) is 0 Å². The van der Waals surface area contributed by atoms with Crippen molar-refractivity contribution in [2.75, 3.05) is 45.8 Å². The number of ketones is 1. The zero-order valence-corrected chi connectivity index (χ0v) is 32.3. The molecule has 1 rings (SSSR count). The molecule has 8 N–H and O–H groups in total. The highest BCUT2D eigenvalue weighted by atomic mass is 16.5. The number of ether oxygens (including phenoxy) is 1. The fraction of sp³-hybridized carbons (Fsp3) is 0.667. The summed E-state index contributed by atoms with van der Waals surface area (Å²) in [5, 5.41) is 21.1. The average molecular weight is 715 g/mol. The molecular formula is C36H70N6O8. The van der Waals surface area contributed by atoms with Gasteiger partial charge in [-0.15, -0.1) is 0 Å². The number of aliphatic hydroxyl groups is 1. The predicted octanol–water partition coefficient (Wildman–Crippen LogP) is 3.80. The van der Waals surface area contributed by atoms with E-state index < -0.39 is 0 Å². The largest absolute Gasteiger partial charge is 0.461 e. The SMILES string of the molecule is CCC.CCC(=O)NCC(=O)NCCCCNC.CCC(=O)OCc1ccc(NC=O)cc1.CCCC(=O)CCC(C)C.CNCO.NC=O. The van der Waals surface area contributed by atoms with E-state index in [0.29, 0.717) is 37.5 Å². The Hall–Kier alpha value is -3.88. The van der Waals surface area contributed by atoms with Crippen molar-refractivity contribution in [3.05, 3.63) is 29.8 Å². The van der Waals surface area contributed by atoms with Crippen LogP contribution in [-0.2, 0) is 40.1 Å². The Balaban J connectivity index is -0.000000181. The summed E-state index contributed by atoms with van der Waals surface area (Å²) in [6.07, 6.45) is 8.51. The van der Waals surface area contributed by atoms with Gasteiger partial charge >= 0.3 is 5.97 Å². The fourth-order valence-electron chi connectivity index (χ4n) is 2.91. The highest BCUT2D eigenvalue weighted by Gasteiger charge is 2.03. The third-order valence-electron chi connectivity index (χ3n) is 5.50. The van der Waals surface area contributed by atoms with Crippen LogP contribution in [0.1, 0.15) is 112 Å². The summed E-state index contributed by atoms with van der Waals surface area (Å²) in [6.45, 7) is 16.2. The number of Topliss-reactive ketones (excluding diaryl/α,β-unsaturated/α-hetero) is 1. The summed E-state index contributed by atoms with van der Waals surface area (Å²) < 4.78 is 4.95. The molecule has 0 saturated carbocycles. The summed E-state index contributed by atoms with van der Waals surface area (Å²) in [4.78, 5) is 62.5. The third-order valence-corrected chi connectivity index (χ3v) is 5.50. The second-order valence-electron chi connectivity index (χ2n) is 10.8. The number of carbonyl (C=O) groups excluding carboxylic acids is 6. The summed E-state index contributed by atoms with van der Waals surface area (Å²) >= 11 is 0. The second-order valence-corrected chi connectivity index (χ2v) is 10.8. The average Bonchev–Trinajstić information content (AvgIpc) is 3.10. The standard InChI is InChI=1S/C11H13NO3.C10H21N3O2.C9H18O.C3H8.C2H7NO.CH3NO/c1-2-11(14)15-7-9-3-5-10(6-4-9)12-8-13;1-3-9(14)13-8-10(15)12-7-5-4-6-11-2;1-4-5-9(10)7-6-8(2)3;1-3-2;1-3-2-4;2-1-3/h3-6,8H,2,7H2,1H3,(H,12,13);11H,3-8H2,1-2H3,(H,12,15)(H,13,14);8H,4-7H2,1-3H3;3H2,1-2H3;3-4H,2H2,1H3;1H,(H2,2,3). The van der Waals surface area contributed by atoms with Crippen molar-refractivity contribution in [3.8, 4) is 0 Å². The molecule has 14 heteroatoms. The van der Waals surface area contributed by atoms with Gasteiger partial charge in [0.25, 0.3) is 0 Å². The number of rotatable bonds is 19. The molecule has 50 heavy (non-hydrogen) atoms. The highest BCUT2D eigenvalue weighted by Crippen LogP contribution is 2.09. The van der Waals surface area contributed by atoms with Gasteiger partial charge in [-0.3, -0.25) is 34.1 Å². The topological polar surface area (TPSA) is 218 Å². The number of aliphatic hydroxyl groups excluding tert-OH is 1. The molecular weight excluding hydrogens is 644 g/mol. The lowest BCUT2D eigenvalue weighted by molar-refractivity contribution is -0.144. The summed E-state index contributed by atoms with van der Waals surface area (Å²) in [5.74, 6) is 0.656. The molecule has 4 amide bonds. The lowest BCUT2D eigenvalue weighted by Crippen LogP contribution is -2.37. The smallest absolute Gasteiger partial charge is 0.305 e. The maximum Gasteiger partial charge on any atom is 0.305 e. The number of esters is 1. The van der Waals surface area contributed by atoms with Crippen molar-refractivity contribution in [2.24, 2.45) is 11.7 Å². The molecule has 0 aliphatic rings. The van der Waals surface area contributed by atoms with Gasteiger partial charge in [0.05, 0.1) is 13.3 Å². The maximum absolute atomic E-state index is 11.2. The van der Waals surface area contributed by atoms with Crippen LogP contribution in [0, 0.1) is 5.92 Å². The molecule has 14 nitrogen and oxygen atoms in total. The molecule has 0 heterocycles. The van der Waals surface area contributed by atoms with Crippen LogP contribution < -0.4 is 32.3 Å². The van der Waals surface area contributed by atoms with Gasteiger partial charge in [0, 0.05) is 37.9 Å². The van der Waals surface area contributed by atoms with Crippen LogP contribution in [0.15, 0.2) is 24.3 Å². The quantitative estimate of drug-likeness (QED) is 0.0476. The minimum atomic E-state index is -0.218. The first kappa shape index (κ1) is 55.5. The van der Waals surface area contributed by atoms with Crippen LogP contribution >= 0.6 is 0 Å². The van der Waals surface area contributed by atoms with E-state index in [1.165, 1.54) is 6.42 Å². The number of unbranched alkanes of at least 4 members (excludes halogenated alkanes) is 1. The van der Waals surface area contributed by atoms with Crippen molar-refractivity contribution in [3.63, 3.8) is 0 Å². The minimum absolute atomic E-state index is 0.0694. The zero-order valence-electron chi connectivity index (χ0n) is 32.3. The Kier molecular flexibility index (Phi) is 52.5. The van der Waals surface area contributed by atoms with E-state index in [9.17, 15) is 24.0 Å². The number of anilines is 1. The zero-order chi connectivity index (χ0) is 39.4. The molecule has 0 fully saturated rings. The molecule has 0 bridgehead atoms. The number of hydrogen-bond donors (Lipinski definition) is 7. The van der Waals surface area contributed by atoms with Gasteiger partial charge in [-0.25, -0.2) is 0 Å². The van der Waals surface area contributed by atoms with Crippen molar-refractivity contribution in [1.82, 2.24) is 21.3 Å². The van der Waals surface area contributed by atoms with Gasteiger partial charge in [0.2, 0.25) is 24.6 Å². The fourth-order valence-corrected chi connectivity index (χ4v) is 2.91. The van der Waals surface area contributed by atoms with E-state index in [2.05, 4.69) is 60.0 Å². The van der Waals surface area contributed by atoms with E-state index in [4.69, 9.17) is 14.6 Å². The molecule has 0 aliphatic carbocycles. The van der Waals surface area contributed by atoms with Crippen LogP contribution in [0.4, 0.5) is 5.69 Å². The molecule has 0 aromatic heterocycles. The molecule has 1 aromatic rings. The van der Waals surface area contributed by atoms with Gasteiger partial charge < -0.3 is 36.8 Å². The maximum atomic E-state index is 11.2. The Bertz CT molecular complexity index is 930. The monoisotopic (exact) mass is 715 g/mol. The summed E-state index contributed by atoms with van der Waals surface area (Å²) in [7, 11) is 3.58. The molecule has 0 atom stereocenters. The minimum Gasteiger partial charge on any atom is -0.461 e. The van der Waals surface area contributed by atoms with Gasteiger partial charge in [0.1, 0.15) is 12.4 Å². The molecule has 1 aromatic carbocycles. The summed E-state index contributed by atoms with van der Waals surface area (Å²) in [5.41, 5.74) is 5.78. The van der Waals surface area contributed by atoms with E-state index in [1.54, 1.807) is 45.2 Å². The number of primary amides is 1. The first-order chi connectivity index (χ1) is 23.9. The summed E-state index contributed by atoms with van der Waals surface area (Å²) in [6, 6.07) is 7.11. The van der Waals surface area contributed by atoms with E-state index >= 15 is 0 Å². The number of hydrogen-bond acceptors (Lipinski definition) is 10. The Morgan fingerprint density at radius 3 is 1.80 bits per heavy atom. The molecule has 0 spiro atoms. The van der Waals surface area contributed by atoms with E-state index in [1.807, 2.05) is 14.0 Å². The van der Waals surface area contributed by atoms with Gasteiger partial charge in [-0.05, 0) is 69.9 Å². The lowest BCUT2D eigenvalue weighted by Gasteiger charge is -2.05. The predicted molar refractivity (Wildman–Crippen MR) is 202 cm³/mol. The third kappa shape index (κ3) is 53.6. The van der Waals surface area contributed by atoms with E-state index in [0.717, 1.165) is 56.3 Å². The van der Waals surface area contributed by atoms with Crippen LogP contribution in [0.5, 0.6) is 0 Å². The number of nitrogens with two attached hydrogens (primary N) is 1. The van der Waals surface area contributed by atoms with Crippen molar-refractivity contribution in [1.29, 1.82) is 0 Å². The first-order valence-corrected chi connectivity index (χ1v) is 17.4. The normalized spacial score (nSPS) is 9.02. The number of nitrogens with one attached hydrogen (secondary N) is 5. The molecule has 0 saturated heterocycles. The highest BCUT2D eigenvalue weighted by molar-refractivity contribution is 5.84. The van der Waals surface area contributed by atoms with E-state index in [-0.39, 0.29) is 44.1 Å². The Labute approximate surface area is 301 Å². The van der Waals surface area contributed by atoms with Gasteiger partial charge in [0.15, 0.2) is 0 Å². The van der Waals surface area contributed by atoms with Crippen LogP contribution in [0.3, 0.4) is 0 Å². The Morgan fingerprint density at radius 2 is 1.38 bits per heavy atom. The molecule has 0 aliphatic heterocycles. The van der Waals surface area contributed by atoms with Crippen LogP contribution in [-0.4, -0.2) is 82.0 Å². The number of carbonyl (C=O) groups is 6. The van der Waals surface area contributed by atoms with Crippen LogP contribution in [0.2, 0.25) is 0 Å².